The molecule has 1 unspecified atom stereocenters. The summed E-state index contributed by atoms with van der Waals surface area (Å²) in [5.74, 6) is -0.682. The van der Waals surface area contributed by atoms with Crippen molar-refractivity contribution in [2.75, 3.05) is 0 Å². The molecule has 19 heavy (non-hydrogen) atoms. The van der Waals surface area contributed by atoms with E-state index in [1.807, 2.05) is 0 Å². The van der Waals surface area contributed by atoms with Crippen LogP contribution < -0.4 is 5.73 Å². The van der Waals surface area contributed by atoms with Crippen molar-refractivity contribution in [1.29, 1.82) is 0 Å². The molecule has 5 heteroatoms. The van der Waals surface area contributed by atoms with E-state index in [2.05, 4.69) is 31.9 Å². The molecule has 0 aromatic heterocycles. The highest BCUT2D eigenvalue weighted by molar-refractivity contribution is 9.10. The summed E-state index contributed by atoms with van der Waals surface area (Å²) in [6.07, 6.45) is 0.430. The van der Waals surface area contributed by atoms with Gasteiger partial charge in [-0.05, 0) is 67.6 Å². The fourth-order valence-corrected chi connectivity index (χ4v) is 2.48. The Morgan fingerprint density at radius 2 is 1.79 bits per heavy atom. The molecule has 2 aromatic carbocycles. The normalized spacial score (nSPS) is 12.5. The first kappa shape index (κ1) is 14.6. The molecule has 0 heterocycles. The molecule has 0 radical (unpaired) electrons. The van der Waals surface area contributed by atoms with E-state index in [1.54, 1.807) is 24.3 Å². The maximum atomic E-state index is 13.5. The molecule has 100 valence electrons. The number of nitrogens with two attached hydrogens (primary N) is 1. The van der Waals surface area contributed by atoms with Crippen LogP contribution in [-0.2, 0) is 6.42 Å². The molecule has 0 spiro atoms. The molecule has 1 atom stereocenters. The Labute approximate surface area is 127 Å². The maximum absolute atomic E-state index is 13.5. The molecule has 2 rings (SSSR count). The van der Waals surface area contributed by atoms with Crippen molar-refractivity contribution in [3.05, 3.63) is 68.1 Å². The summed E-state index contributed by atoms with van der Waals surface area (Å²) in [5, 5.41) is 0. The zero-order chi connectivity index (χ0) is 14.0. The Bertz CT molecular complexity index is 602. The number of hydrogen-bond acceptors (Lipinski definition) is 1. The molecule has 0 saturated carbocycles. The van der Waals surface area contributed by atoms with Gasteiger partial charge >= 0.3 is 0 Å². The van der Waals surface area contributed by atoms with Crippen molar-refractivity contribution in [2.45, 2.75) is 12.5 Å². The van der Waals surface area contributed by atoms with Gasteiger partial charge in [-0.3, -0.25) is 0 Å². The maximum Gasteiger partial charge on any atom is 0.137 e. The Morgan fingerprint density at radius 3 is 2.47 bits per heavy atom. The van der Waals surface area contributed by atoms with E-state index < -0.39 is 0 Å². The van der Waals surface area contributed by atoms with E-state index in [1.165, 1.54) is 12.1 Å². The minimum absolute atomic E-state index is 0.327. The van der Waals surface area contributed by atoms with E-state index >= 15 is 0 Å². The molecule has 0 aliphatic heterocycles. The smallest absolute Gasteiger partial charge is 0.137 e. The van der Waals surface area contributed by atoms with Crippen LogP contribution in [0.5, 0.6) is 0 Å². The average Bonchev–Trinajstić information content (AvgIpc) is 2.38. The van der Waals surface area contributed by atoms with Gasteiger partial charge in [-0.25, -0.2) is 8.78 Å². The van der Waals surface area contributed by atoms with E-state index in [0.717, 1.165) is 5.56 Å². The molecule has 0 fully saturated rings. The highest BCUT2D eigenvalue weighted by Crippen LogP contribution is 2.26. The number of halogens is 4. The van der Waals surface area contributed by atoms with Crippen LogP contribution in [0.1, 0.15) is 17.2 Å². The number of benzene rings is 2. The van der Waals surface area contributed by atoms with Gasteiger partial charge in [-0.15, -0.1) is 0 Å². The topological polar surface area (TPSA) is 26.0 Å². The SMILES string of the molecule is NC(Cc1cccc(F)c1Br)c1ccc(Br)c(F)c1. The summed E-state index contributed by atoms with van der Waals surface area (Å²) < 4.78 is 27.6. The summed E-state index contributed by atoms with van der Waals surface area (Å²) in [6.45, 7) is 0. The predicted molar refractivity (Wildman–Crippen MR) is 78.8 cm³/mol. The van der Waals surface area contributed by atoms with Crippen LogP contribution in [0.25, 0.3) is 0 Å². The van der Waals surface area contributed by atoms with Crippen molar-refractivity contribution in [2.24, 2.45) is 5.73 Å². The first-order valence-electron chi connectivity index (χ1n) is 5.62. The van der Waals surface area contributed by atoms with Gasteiger partial charge in [-0.2, -0.15) is 0 Å². The summed E-state index contributed by atoms with van der Waals surface area (Å²) in [5.41, 5.74) is 7.48. The highest BCUT2D eigenvalue weighted by Gasteiger charge is 2.13. The lowest BCUT2D eigenvalue weighted by Crippen LogP contribution is -2.14. The Kier molecular flexibility index (Phi) is 4.71. The molecule has 1 nitrogen and oxygen atoms in total. The van der Waals surface area contributed by atoms with Crippen LogP contribution in [0, 0.1) is 11.6 Å². The van der Waals surface area contributed by atoms with Crippen molar-refractivity contribution >= 4 is 31.9 Å². The summed E-state index contributed by atoms with van der Waals surface area (Å²) >= 11 is 6.29. The fourth-order valence-electron chi connectivity index (χ4n) is 1.80. The molecule has 2 N–H and O–H groups in total. The van der Waals surface area contributed by atoms with Gasteiger partial charge in [0.15, 0.2) is 0 Å². The van der Waals surface area contributed by atoms with Crippen LogP contribution in [0.2, 0.25) is 0 Å². The summed E-state index contributed by atoms with van der Waals surface area (Å²) in [4.78, 5) is 0. The van der Waals surface area contributed by atoms with Crippen molar-refractivity contribution in [3.63, 3.8) is 0 Å². The van der Waals surface area contributed by atoms with Gasteiger partial charge in [0.25, 0.3) is 0 Å². The molecule has 0 amide bonds. The minimum Gasteiger partial charge on any atom is -0.324 e. The van der Waals surface area contributed by atoms with Crippen LogP contribution in [-0.4, -0.2) is 0 Å². The average molecular weight is 391 g/mol. The van der Waals surface area contributed by atoms with Crippen LogP contribution in [0.3, 0.4) is 0 Å². The lowest BCUT2D eigenvalue weighted by atomic mass is 9.99. The second-order valence-corrected chi connectivity index (χ2v) is 5.84. The first-order valence-corrected chi connectivity index (χ1v) is 7.21. The monoisotopic (exact) mass is 389 g/mol. The number of hydrogen-bond donors (Lipinski definition) is 1. The molecular formula is C14H11Br2F2N. The molecule has 2 aromatic rings. The first-order chi connectivity index (χ1) is 8.99. The third-order valence-corrected chi connectivity index (χ3v) is 4.37. The van der Waals surface area contributed by atoms with E-state index in [0.29, 0.717) is 20.9 Å². The highest BCUT2D eigenvalue weighted by atomic mass is 79.9. The molecule has 0 saturated heterocycles. The lowest BCUT2D eigenvalue weighted by Gasteiger charge is -2.14. The van der Waals surface area contributed by atoms with Crippen molar-refractivity contribution in [1.82, 2.24) is 0 Å². The Hall–Kier alpha value is -0.780. The molecule has 0 bridgehead atoms. The van der Waals surface area contributed by atoms with Gasteiger partial charge in [0, 0.05) is 6.04 Å². The van der Waals surface area contributed by atoms with Crippen molar-refractivity contribution < 1.29 is 8.78 Å². The van der Waals surface area contributed by atoms with E-state index in [4.69, 9.17) is 5.73 Å². The van der Waals surface area contributed by atoms with Gasteiger partial charge in [0.1, 0.15) is 11.6 Å². The van der Waals surface area contributed by atoms with Gasteiger partial charge in [0.05, 0.1) is 8.95 Å². The van der Waals surface area contributed by atoms with Crippen LogP contribution in [0.15, 0.2) is 45.3 Å². The standard InChI is InChI=1S/C14H11Br2F2N/c15-10-5-4-8(6-12(10)18)13(19)7-9-2-1-3-11(17)14(9)16/h1-6,13H,7,19H2. The second kappa shape index (κ2) is 6.11. The van der Waals surface area contributed by atoms with Gasteiger partial charge in [0.2, 0.25) is 0 Å². The Balaban J connectivity index is 2.23. The minimum atomic E-state index is -0.388. The van der Waals surface area contributed by atoms with Crippen LogP contribution in [0.4, 0.5) is 8.78 Å². The number of rotatable bonds is 3. The van der Waals surface area contributed by atoms with Crippen LogP contribution >= 0.6 is 31.9 Å². The third kappa shape index (κ3) is 3.41. The predicted octanol–water partition coefficient (Wildman–Crippen LogP) is 4.73. The fraction of sp³-hybridized carbons (Fsp3) is 0.143. The molecule has 0 aliphatic rings. The van der Waals surface area contributed by atoms with E-state index in [-0.39, 0.29) is 17.7 Å². The second-order valence-electron chi connectivity index (χ2n) is 4.20. The summed E-state index contributed by atoms with van der Waals surface area (Å²) in [7, 11) is 0. The zero-order valence-electron chi connectivity index (χ0n) is 9.84. The molecule has 0 aliphatic carbocycles. The quantitative estimate of drug-likeness (QED) is 0.805. The van der Waals surface area contributed by atoms with Crippen molar-refractivity contribution in [3.8, 4) is 0 Å². The zero-order valence-corrected chi connectivity index (χ0v) is 13.0. The largest absolute Gasteiger partial charge is 0.324 e. The molecular weight excluding hydrogens is 380 g/mol. The summed E-state index contributed by atoms with van der Waals surface area (Å²) in [6, 6.07) is 9.17. The Morgan fingerprint density at radius 1 is 1.05 bits per heavy atom. The van der Waals surface area contributed by atoms with Gasteiger partial charge in [-0.1, -0.05) is 18.2 Å². The van der Waals surface area contributed by atoms with E-state index in [9.17, 15) is 8.78 Å². The lowest BCUT2D eigenvalue weighted by molar-refractivity contribution is 0.606. The third-order valence-electron chi connectivity index (χ3n) is 2.84. The van der Waals surface area contributed by atoms with Gasteiger partial charge < -0.3 is 5.73 Å².